The summed E-state index contributed by atoms with van der Waals surface area (Å²) in [6.07, 6.45) is 18.1. The molecule has 0 atom stereocenters. The number of allylic oxidation sites excluding steroid dienone is 1. The number of alkyl carbamates (subject to hydrolysis) is 1. The van der Waals surface area contributed by atoms with Gasteiger partial charge in [-0.25, -0.2) is 26.2 Å². The zero-order valence-corrected chi connectivity index (χ0v) is 32.5. The number of nitrogens with one attached hydrogen (secondary N) is 1. The summed E-state index contributed by atoms with van der Waals surface area (Å²) in [5.41, 5.74) is -8.28. The molecule has 0 fully saturated rings. The van der Waals surface area contributed by atoms with Crippen LogP contribution in [-0.2, 0) is 43.3 Å². The van der Waals surface area contributed by atoms with Crippen molar-refractivity contribution in [1.29, 1.82) is 0 Å². The molecule has 1 N–H and O–H groups in total. The highest BCUT2D eigenvalue weighted by Crippen LogP contribution is 2.36. The number of sulfonamides is 2. The SMILES string of the molecule is C=C(C)c1cccc(C(C)(C)NC(=O)OCCCCCCCCCCCC[n+]2ccccc2CCCC)c1.O=S(=O)([N-]S(=O)(=O)C(F)(F)F)C(F)(F)F. The molecule has 9 nitrogen and oxygen atoms in total. The Kier molecular flexibility index (Phi) is 20.1. The number of ether oxygens (including phenoxy) is 1. The average molecular weight is 802 g/mol. The summed E-state index contributed by atoms with van der Waals surface area (Å²) in [7, 11) is -13.4. The first-order valence-electron chi connectivity index (χ1n) is 17.6. The molecule has 17 heteroatoms. The minimum atomic E-state index is -6.72. The summed E-state index contributed by atoms with van der Waals surface area (Å²) < 4.78 is 117. The van der Waals surface area contributed by atoms with Crippen LogP contribution in [0.1, 0.15) is 122 Å². The number of alkyl halides is 6. The Hall–Kier alpha value is -3.18. The summed E-state index contributed by atoms with van der Waals surface area (Å²) in [6, 6.07) is 14.8. The van der Waals surface area contributed by atoms with E-state index in [2.05, 4.69) is 53.8 Å². The van der Waals surface area contributed by atoms with Crippen molar-refractivity contribution in [2.24, 2.45) is 0 Å². The van der Waals surface area contributed by atoms with Crippen LogP contribution in [0.2, 0.25) is 0 Å². The van der Waals surface area contributed by atoms with E-state index in [-0.39, 0.29) is 6.09 Å². The zero-order valence-electron chi connectivity index (χ0n) is 30.9. The largest absolute Gasteiger partial charge is 0.480 e. The van der Waals surface area contributed by atoms with Gasteiger partial charge in [-0.15, -0.1) is 0 Å². The van der Waals surface area contributed by atoms with Gasteiger partial charge in [0.1, 0.15) is 6.54 Å². The molecule has 0 saturated heterocycles. The van der Waals surface area contributed by atoms with Gasteiger partial charge in [-0.2, -0.15) is 26.3 Å². The summed E-state index contributed by atoms with van der Waals surface area (Å²) in [5.74, 6) is 0. The van der Waals surface area contributed by atoms with Crippen molar-refractivity contribution in [3.05, 3.63) is 76.2 Å². The lowest BCUT2D eigenvalue weighted by Crippen LogP contribution is -2.41. The average Bonchev–Trinajstić information content (AvgIpc) is 3.05. The van der Waals surface area contributed by atoms with Crippen molar-refractivity contribution in [3.63, 3.8) is 0 Å². The van der Waals surface area contributed by atoms with Crippen molar-refractivity contribution in [1.82, 2.24) is 5.32 Å². The van der Waals surface area contributed by atoms with Gasteiger partial charge >= 0.3 is 17.1 Å². The number of carbonyl (C=O) groups is 1. The fourth-order valence-corrected chi connectivity index (χ4v) is 6.74. The van der Waals surface area contributed by atoms with E-state index in [9.17, 15) is 48.0 Å². The molecule has 0 unspecified atom stereocenters. The topological polar surface area (TPSA) is 125 Å². The molecule has 0 radical (unpaired) electrons. The van der Waals surface area contributed by atoms with Gasteiger partial charge in [-0.3, -0.25) is 0 Å². The van der Waals surface area contributed by atoms with Crippen molar-refractivity contribution >= 4 is 31.7 Å². The van der Waals surface area contributed by atoms with Crippen LogP contribution in [0.4, 0.5) is 31.1 Å². The molecule has 1 aromatic carbocycles. The molecule has 302 valence electrons. The van der Waals surface area contributed by atoms with Gasteiger partial charge in [0.15, 0.2) is 31.9 Å². The first-order valence-corrected chi connectivity index (χ1v) is 20.5. The lowest BCUT2D eigenvalue weighted by Gasteiger charge is -2.27. The normalized spacial score (nSPS) is 12.5. The maximum Gasteiger partial charge on any atom is 0.480 e. The summed E-state index contributed by atoms with van der Waals surface area (Å²) in [4.78, 5) is 12.3. The van der Waals surface area contributed by atoms with E-state index < -0.39 is 36.6 Å². The second kappa shape index (κ2) is 22.3. The third kappa shape index (κ3) is 18.1. The minimum Gasteiger partial charge on any atom is -0.450 e. The predicted molar refractivity (Wildman–Crippen MR) is 193 cm³/mol. The van der Waals surface area contributed by atoms with Crippen LogP contribution in [0.25, 0.3) is 9.70 Å². The number of aromatic nitrogens is 1. The van der Waals surface area contributed by atoms with Crippen LogP contribution in [0.3, 0.4) is 0 Å². The molecule has 0 aliphatic rings. The Morgan fingerprint density at radius 3 is 1.83 bits per heavy atom. The zero-order chi connectivity index (χ0) is 40.3. The molecule has 2 rings (SSSR count). The van der Waals surface area contributed by atoms with Gasteiger partial charge in [-0.05, 0) is 57.2 Å². The Labute approximate surface area is 310 Å². The van der Waals surface area contributed by atoms with Gasteiger partial charge in [-0.1, -0.05) is 94.7 Å². The monoisotopic (exact) mass is 801 g/mol. The smallest absolute Gasteiger partial charge is 0.450 e. The molecule has 0 spiro atoms. The molecule has 1 heterocycles. The van der Waals surface area contributed by atoms with Crippen LogP contribution in [0.15, 0.2) is 55.2 Å². The number of aryl methyl sites for hydroxylation is 2. The molecule has 2 aromatic rings. The van der Waals surface area contributed by atoms with Crippen molar-refractivity contribution < 1.29 is 57.3 Å². The van der Waals surface area contributed by atoms with E-state index >= 15 is 0 Å². The van der Waals surface area contributed by atoms with Crippen molar-refractivity contribution in [2.45, 2.75) is 134 Å². The number of amides is 1. The highest BCUT2D eigenvalue weighted by molar-refractivity contribution is 8.13. The molecular weight excluding hydrogens is 749 g/mol. The molecule has 0 saturated carbocycles. The summed E-state index contributed by atoms with van der Waals surface area (Å²) in [5, 5.41) is 3.01. The quantitative estimate of drug-likeness (QED) is 0.0762. The number of hydrogen-bond acceptors (Lipinski definition) is 6. The van der Waals surface area contributed by atoms with Crippen molar-refractivity contribution in [2.75, 3.05) is 6.61 Å². The summed E-state index contributed by atoms with van der Waals surface area (Å²) >= 11 is 0. The van der Waals surface area contributed by atoms with Crippen LogP contribution < -0.4 is 9.88 Å². The molecule has 0 bridgehead atoms. The van der Waals surface area contributed by atoms with Gasteiger partial charge in [0.25, 0.3) is 0 Å². The Morgan fingerprint density at radius 1 is 0.792 bits per heavy atom. The molecule has 53 heavy (non-hydrogen) atoms. The van der Waals surface area contributed by atoms with Gasteiger partial charge in [0, 0.05) is 25.0 Å². The van der Waals surface area contributed by atoms with Gasteiger partial charge in [0.05, 0.1) is 12.1 Å². The highest BCUT2D eigenvalue weighted by atomic mass is 32.3. The second-order valence-corrected chi connectivity index (χ2v) is 16.6. The van der Waals surface area contributed by atoms with Gasteiger partial charge in [0.2, 0.25) is 0 Å². The number of unbranched alkanes of at least 4 members (excludes halogenated alkanes) is 10. The van der Waals surface area contributed by atoms with E-state index in [0.29, 0.717) is 6.61 Å². The molecule has 1 amide bonds. The van der Waals surface area contributed by atoms with E-state index in [1.807, 2.05) is 39.0 Å². The fraction of sp³-hybridized carbons (Fsp3) is 0.611. The number of pyridine rings is 1. The first kappa shape index (κ1) is 47.8. The van der Waals surface area contributed by atoms with Gasteiger partial charge < -0.3 is 14.2 Å². The standard InChI is InChI=1S/C34H52N2O2.C2F6NO4S2/c1-6-7-23-32-24-16-18-26-36(32)25-17-14-12-10-8-9-11-13-15-19-27-38-33(37)35-34(4,5)31-22-20-21-30(28-31)29(2)3;3-1(4,5)14(10,11)9-15(12,13)2(6,7)8/h16,18,20-22,24,26,28H,2,6-15,17,19,23,25,27H2,1,3-5H3;/q;-1/p+1. The number of benzene rings is 1. The molecule has 0 aliphatic carbocycles. The van der Waals surface area contributed by atoms with Crippen molar-refractivity contribution in [3.8, 4) is 0 Å². The van der Waals surface area contributed by atoms with E-state index in [0.717, 1.165) is 40.2 Å². The molecule has 1 aromatic heterocycles. The summed E-state index contributed by atoms with van der Waals surface area (Å²) in [6.45, 7) is 13.9. The Bertz CT molecular complexity index is 1610. The minimum absolute atomic E-state index is 0.349. The van der Waals surface area contributed by atoms with E-state index in [1.165, 1.54) is 76.3 Å². The first-order chi connectivity index (χ1) is 24.5. The maximum atomic E-state index is 12.3. The number of hydrogen-bond donors (Lipinski definition) is 1. The van der Waals surface area contributed by atoms with Crippen LogP contribution >= 0.6 is 0 Å². The maximum absolute atomic E-state index is 12.3. The third-order valence-corrected chi connectivity index (χ3v) is 10.9. The fourth-order valence-electron chi connectivity index (χ4n) is 5.03. The highest BCUT2D eigenvalue weighted by Gasteiger charge is 2.47. The van der Waals surface area contributed by atoms with Crippen LogP contribution in [0, 0.1) is 0 Å². The number of rotatable bonds is 21. The Morgan fingerprint density at radius 2 is 1.32 bits per heavy atom. The lowest BCUT2D eigenvalue weighted by molar-refractivity contribution is -0.704. The second-order valence-electron chi connectivity index (χ2n) is 13.2. The molecule has 0 aliphatic heterocycles. The third-order valence-electron chi connectivity index (χ3n) is 8.12. The number of carbonyl (C=O) groups excluding carboxylic acids is 1. The Balaban J connectivity index is 0.000000787. The van der Waals surface area contributed by atoms with Crippen LogP contribution in [-0.4, -0.2) is 40.6 Å². The number of nitrogens with zero attached hydrogens (tertiary/aromatic N) is 2. The molecular formula is C36H53F6N3O6S2. The van der Waals surface area contributed by atoms with Crippen LogP contribution in [0.5, 0.6) is 0 Å². The van der Waals surface area contributed by atoms with E-state index in [4.69, 9.17) is 4.74 Å². The predicted octanol–water partition coefficient (Wildman–Crippen LogP) is 9.97. The van der Waals surface area contributed by atoms with E-state index in [1.54, 1.807) is 0 Å². The lowest BCUT2D eigenvalue weighted by atomic mass is 9.92. The number of halogens is 6.